The number of piperazine rings is 1. The third-order valence-corrected chi connectivity index (χ3v) is 4.06. The molecule has 18 heavy (non-hydrogen) atoms. The molecule has 0 aromatic heterocycles. The summed E-state index contributed by atoms with van der Waals surface area (Å²) in [6.07, 6.45) is 0. The van der Waals surface area contributed by atoms with Gasteiger partial charge in [0.2, 0.25) is 0 Å². The van der Waals surface area contributed by atoms with Crippen LogP contribution >= 0.6 is 0 Å². The summed E-state index contributed by atoms with van der Waals surface area (Å²) in [4.78, 5) is 2.24. The third kappa shape index (κ3) is 3.01. The summed E-state index contributed by atoms with van der Waals surface area (Å²) in [7, 11) is 0. The summed E-state index contributed by atoms with van der Waals surface area (Å²) < 4.78 is 0. The van der Waals surface area contributed by atoms with Gasteiger partial charge in [-0.3, -0.25) is 4.90 Å². The molecule has 0 amide bonds. The normalized spacial score (nSPS) is 28.2. The molecule has 6 heteroatoms. The minimum atomic E-state index is -0.648. The highest BCUT2D eigenvalue weighted by Crippen LogP contribution is 2.27. The second-order valence-corrected chi connectivity index (χ2v) is 5.66. The first-order valence-corrected chi connectivity index (χ1v) is 6.83. The average molecular weight is 258 g/mol. The van der Waals surface area contributed by atoms with Crippen molar-refractivity contribution < 1.29 is 0 Å². The molecule has 4 unspecified atom stereocenters. The zero-order chi connectivity index (χ0) is 13.9. The molecule has 9 N–H and O–H groups in total. The summed E-state index contributed by atoms with van der Waals surface area (Å²) in [5.74, 6) is -0.0319. The second kappa shape index (κ2) is 6.27. The van der Waals surface area contributed by atoms with Gasteiger partial charge in [-0.15, -0.1) is 0 Å². The predicted octanol–water partition coefficient (Wildman–Crippen LogP) is -1.80. The lowest BCUT2D eigenvalue weighted by molar-refractivity contribution is -0.00783. The summed E-state index contributed by atoms with van der Waals surface area (Å²) >= 11 is 0. The smallest absolute Gasteiger partial charge is 0.0899 e. The van der Waals surface area contributed by atoms with E-state index in [4.69, 9.17) is 22.9 Å². The van der Waals surface area contributed by atoms with E-state index < -0.39 is 5.66 Å². The Bertz CT molecular complexity index is 241. The maximum Gasteiger partial charge on any atom is 0.0899 e. The van der Waals surface area contributed by atoms with Crippen LogP contribution in [0.25, 0.3) is 0 Å². The first kappa shape index (κ1) is 15.8. The van der Waals surface area contributed by atoms with Crippen molar-refractivity contribution in [3.8, 4) is 0 Å². The quantitative estimate of drug-likeness (QED) is 0.397. The summed E-state index contributed by atoms with van der Waals surface area (Å²) in [5.41, 5.74) is 24.4. The highest BCUT2D eigenvalue weighted by Gasteiger charge is 2.46. The van der Waals surface area contributed by atoms with Crippen molar-refractivity contribution in [2.24, 2.45) is 28.9 Å². The van der Waals surface area contributed by atoms with Crippen LogP contribution in [0.15, 0.2) is 0 Å². The Morgan fingerprint density at radius 3 is 1.78 bits per heavy atom. The largest absolute Gasteiger partial charge is 0.328 e. The zero-order valence-corrected chi connectivity index (χ0v) is 11.9. The lowest BCUT2D eigenvalue weighted by atomic mass is 9.77. The first-order valence-electron chi connectivity index (χ1n) is 6.83. The second-order valence-electron chi connectivity index (χ2n) is 5.66. The maximum atomic E-state index is 6.67. The molecule has 0 spiro atoms. The van der Waals surface area contributed by atoms with Crippen molar-refractivity contribution in [2.45, 2.75) is 44.6 Å². The Balaban J connectivity index is 3.03. The monoisotopic (exact) mass is 258 g/mol. The minimum absolute atomic E-state index is 0.0319. The van der Waals surface area contributed by atoms with Crippen LogP contribution in [0.5, 0.6) is 0 Å². The van der Waals surface area contributed by atoms with E-state index in [0.29, 0.717) is 0 Å². The molecule has 1 aliphatic rings. The molecular formula is C12H30N6. The highest BCUT2D eigenvalue weighted by atomic mass is 15.3. The van der Waals surface area contributed by atoms with Crippen LogP contribution in [0, 0.1) is 5.92 Å². The van der Waals surface area contributed by atoms with Gasteiger partial charge in [-0.05, 0) is 20.8 Å². The van der Waals surface area contributed by atoms with Crippen molar-refractivity contribution in [1.82, 2.24) is 10.2 Å². The van der Waals surface area contributed by atoms with Crippen LogP contribution in [-0.2, 0) is 0 Å². The van der Waals surface area contributed by atoms with E-state index in [1.165, 1.54) is 0 Å². The number of hydrogen-bond donors (Lipinski definition) is 5. The van der Waals surface area contributed by atoms with Gasteiger partial charge in [-0.25, -0.2) is 0 Å². The molecule has 0 aliphatic carbocycles. The fraction of sp³-hybridized carbons (Fsp3) is 1.00. The zero-order valence-electron chi connectivity index (χ0n) is 11.9. The number of nitrogens with zero attached hydrogens (tertiary/aromatic N) is 1. The van der Waals surface area contributed by atoms with E-state index in [0.717, 1.165) is 26.2 Å². The summed E-state index contributed by atoms with van der Waals surface area (Å²) in [6, 6.07) is -0.357. The van der Waals surface area contributed by atoms with Gasteiger partial charge in [0, 0.05) is 50.2 Å². The molecule has 108 valence electrons. The van der Waals surface area contributed by atoms with E-state index >= 15 is 0 Å². The topological polar surface area (TPSA) is 119 Å². The van der Waals surface area contributed by atoms with Crippen molar-refractivity contribution in [3.05, 3.63) is 0 Å². The summed E-state index contributed by atoms with van der Waals surface area (Å²) in [6.45, 7) is 9.48. The van der Waals surface area contributed by atoms with E-state index in [2.05, 4.69) is 10.2 Å². The van der Waals surface area contributed by atoms with Crippen LogP contribution in [0.3, 0.4) is 0 Å². The van der Waals surface area contributed by atoms with Gasteiger partial charge >= 0.3 is 0 Å². The number of nitrogens with one attached hydrogen (secondary N) is 1. The van der Waals surface area contributed by atoms with E-state index in [9.17, 15) is 0 Å². The Labute approximate surface area is 110 Å². The average Bonchev–Trinajstić information content (AvgIpc) is 2.28. The van der Waals surface area contributed by atoms with Gasteiger partial charge in [0.25, 0.3) is 0 Å². The Kier molecular flexibility index (Phi) is 5.51. The molecule has 0 bridgehead atoms. The number of rotatable bonds is 5. The lowest BCUT2D eigenvalue weighted by Gasteiger charge is -2.52. The third-order valence-electron chi connectivity index (χ3n) is 4.06. The van der Waals surface area contributed by atoms with Crippen LogP contribution in [-0.4, -0.2) is 54.9 Å². The van der Waals surface area contributed by atoms with E-state index in [1.807, 2.05) is 20.8 Å². The molecule has 1 saturated heterocycles. The molecule has 1 rings (SSSR count). The Morgan fingerprint density at radius 1 is 1.00 bits per heavy atom. The van der Waals surface area contributed by atoms with E-state index in [-0.39, 0.29) is 24.0 Å². The Hall–Kier alpha value is -0.240. The fourth-order valence-electron chi connectivity index (χ4n) is 3.18. The van der Waals surface area contributed by atoms with Gasteiger partial charge in [-0.2, -0.15) is 0 Å². The molecule has 1 heterocycles. The molecule has 4 atom stereocenters. The highest BCUT2D eigenvalue weighted by molar-refractivity contribution is 5.04. The van der Waals surface area contributed by atoms with Crippen LogP contribution in [0.4, 0.5) is 0 Å². The molecule has 1 fully saturated rings. The van der Waals surface area contributed by atoms with E-state index in [1.54, 1.807) is 0 Å². The molecule has 1 aliphatic heterocycles. The van der Waals surface area contributed by atoms with Crippen molar-refractivity contribution >= 4 is 0 Å². The van der Waals surface area contributed by atoms with Crippen molar-refractivity contribution in [2.75, 3.05) is 26.2 Å². The SMILES string of the molecule is CC(N)C(C(C)N)C(N)(C(C)N)N1CCNCC1. The summed E-state index contributed by atoms with van der Waals surface area (Å²) in [5, 5.41) is 3.32. The molecule has 0 radical (unpaired) electrons. The fourth-order valence-corrected chi connectivity index (χ4v) is 3.18. The van der Waals surface area contributed by atoms with Gasteiger partial charge in [-0.1, -0.05) is 0 Å². The van der Waals surface area contributed by atoms with Gasteiger partial charge in [0.05, 0.1) is 5.66 Å². The van der Waals surface area contributed by atoms with Crippen LogP contribution in [0.1, 0.15) is 20.8 Å². The van der Waals surface area contributed by atoms with Crippen LogP contribution in [0.2, 0.25) is 0 Å². The number of nitrogens with two attached hydrogens (primary N) is 4. The predicted molar refractivity (Wildman–Crippen MR) is 75.8 cm³/mol. The lowest BCUT2D eigenvalue weighted by Crippen LogP contribution is -2.76. The Morgan fingerprint density at radius 2 is 1.44 bits per heavy atom. The first-order chi connectivity index (χ1) is 8.31. The minimum Gasteiger partial charge on any atom is -0.328 e. The molecular weight excluding hydrogens is 228 g/mol. The van der Waals surface area contributed by atoms with Crippen LogP contribution < -0.4 is 28.3 Å². The molecule has 0 aromatic rings. The maximum absolute atomic E-state index is 6.67. The van der Waals surface area contributed by atoms with Crippen molar-refractivity contribution in [1.29, 1.82) is 0 Å². The van der Waals surface area contributed by atoms with Crippen molar-refractivity contribution in [3.63, 3.8) is 0 Å². The standard InChI is InChI=1S/C12H30N6/c1-8(13)11(9(2)14)12(16,10(3)15)18-6-4-17-5-7-18/h8-11,17H,4-7,13-16H2,1-3H3. The number of hydrogen-bond acceptors (Lipinski definition) is 6. The molecule has 6 nitrogen and oxygen atoms in total. The van der Waals surface area contributed by atoms with Gasteiger partial charge < -0.3 is 28.3 Å². The van der Waals surface area contributed by atoms with Gasteiger partial charge in [0.15, 0.2) is 0 Å². The molecule has 0 saturated carbocycles. The molecule has 0 aromatic carbocycles. The van der Waals surface area contributed by atoms with Gasteiger partial charge in [0.1, 0.15) is 0 Å².